The summed E-state index contributed by atoms with van der Waals surface area (Å²) < 4.78 is 35.3. The molecule has 0 atom stereocenters. The number of hydrogen-bond acceptors (Lipinski definition) is 5. The van der Waals surface area contributed by atoms with E-state index in [2.05, 4.69) is 14.7 Å². The number of aromatic amines is 1. The monoisotopic (exact) mass is 363 g/mol. The first-order chi connectivity index (χ1) is 12.6. The van der Waals surface area contributed by atoms with E-state index in [0.29, 0.717) is 44.0 Å². The lowest BCUT2D eigenvalue weighted by Crippen LogP contribution is -2.32. The minimum Gasteiger partial charge on any atom is -0.434 e. The Labute approximate surface area is 148 Å². The molecule has 0 fully saturated rings. The lowest BCUT2D eigenvalue weighted by molar-refractivity contribution is -0.0504. The van der Waals surface area contributed by atoms with Gasteiger partial charge in [-0.1, -0.05) is 6.07 Å². The van der Waals surface area contributed by atoms with Gasteiger partial charge in [-0.3, -0.25) is 4.79 Å². The number of rotatable bonds is 4. The summed E-state index contributed by atoms with van der Waals surface area (Å²) in [7, 11) is 0. The smallest absolute Gasteiger partial charge is 0.387 e. The topological polar surface area (TPSA) is 67.5 Å². The maximum absolute atomic E-state index is 12.6. The van der Waals surface area contributed by atoms with Crippen LogP contribution in [-0.4, -0.2) is 29.7 Å². The zero-order valence-corrected chi connectivity index (χ0v) is 14.1. The highest BCUT2D eigenvalue weighted by Gasteiger charge is 2.23. The average molecular weight is 363 g/mol. The summed E-state index contributed by atoms with van der Waals surface area (Å²) in [5.74, 6) is 0.787. The number of hydrogen-bond donors (Lipinski definition) is 1. The van der Waals surface area contributed by atoms with Gasteiger partial charge in [-0.2, -0.15) is 8.78 Å². The molecule has 1 N–H and O–H groups in total. The van der Waals surface area contributed by atoms with Crippen LogP contribution in [0, 0.1) is 0 Å². The van der Waals surface area contributed by atoms with Gasteiger partial charge in [-0.05, 0) is 25.0 Å². The van der Waals surface area contributed by atoms with Gasteiger partial charge in [0, 0.05) is 24.2 Å². The van der Waals surface area contributed by atoms with Crippen LogP contribution in [0.5, 0.6) is 5.75 Å². The molecule has 138 valence electrons. The second kappa shape index (κ2) is 7.03. The number of halogens is 2. The van der Waals surface area contributed by atoms with Gasteiger partial charge in [0.05, 0.1) is 31.0 Å². The Morgan fingerprint density at radius 3 is 3.04 bits per heavy atom. The van der Waals surface area contributed by atoms with E-state index in [1.807, 2.05) is 11.0 Å². The molecule has 0 unspecified atom stereocenters. The first-order valence-electron chi connectivity index (χ1n) is 8.62. The summed E-state index contributed by atoms with van der Waals surface area (Å²) in [6.07, 6.45) is 2.12. The van der Waals surface area contributed by atoms with E-state index in [1.54, 1.807) is 12.1 Å². The maximum atomic E-state index is 12.6. The van der Waals surface area contributed by atoms with Crippen LogP contribution in [0.3, 0.4) is 0 Å². The molecule has 0 bridgehead atoms. The summed E-state index contributed by atoms with van der Waals surface area (Å²) in [5.41, 5.74) is 2.82. The Kier molecular flexibility index (Phi) is 4.58. The van der Waals surface area contributed by atoms with Gasteiger partial charge >= 0.3 is 6.61 Å². The van der Waals surface area contributed by atoms with Gasteiger partial charge in [-0.15, -0.1) is 0 Å². The number of nitrogens with one attached hydrogen (secondary N) is 1. The van der Waals surface area contributed by atoms with Crippen LogP contribution in [0.4, 0.5) is 14.5 Å². The predicted octanol–water partition coefficient (Wildman–Crippen LogP) is 2.40. The molecule has 26 heavy (non-hydrogen) atoms. The van der Waals surface area contributed by atoms with E-state index >= 15 is 0 Å². The zero-order valence-electron chi connectivity index (χ0n) is 14.1. The van der Waals surface area contributed by atoms with Crippen molar-refractivity contribution >= 4 is 5.69 Å². The standard InChI is InChI=1S/C18H19F2N3O3/c19-18(20)26-15-5-1-4-14-11(15)3-2-7-23(14)9-16-21-13-6-8-25-10-12(13)17(24)22-16/h1,4-5,18H,2-3,6-10H2,(H,21,22,24). The van der Waals surface area contributed by atoms with Crippen molar-refractivity contribution in [1.29, 1.82) is 0 Å². The summed E-state index contributed by atoms with van der Waals surface area (Å²) in [5, 5.41) is 0. The molecular weight excluding hydrogens is 344 g/mol. The number of ether oxygens (including phenoxy) is 2. The normalized spacial score (nSPS) is 16.3. The third-order valence-electron chi connectivity index (χ3n) is 4.74. The SMILES string of the molecule is O=c1[nH]c(CN2CCCc3c(OC(F)F)cccc32)nc2c1COCC2. The van der Waals surface area contributed by atoms with Crippen molar-refractivity contribution in [1.82, 2.24) is 9.97 Å². The molecule has 6 nitrogen and oxygen atoms in total. The van der Waals surface area contributed by atoms with Crippen LogP contribution in [0.2, 0.25) is 0 Å². The molecule has 0 amide bonds. The molecule has 2 aliphatic heterocycles. The zero-order chi connectivity index (χ0) is 18.1. The van der Waals surface area contributed by atoms with E-state index in [0.717, 1.165) is 29.9 Å². The van der Waals surface area contributed by atoms with Gasteiger partial charge in [-0.25, -0.2) is 4.98 Å². The Bertz CT molecular complexity index is 869. The molecule has 0 aliphatic carbocycles. The molecule has 0 radical (unpaired) electrons. The predicted molar refractivity (Wildman–Crippen MR) is 90.7 cm³/mol. The lowest BCUT2D eigenvalue weighted by atomic mass is 10.0. The highest BCUT2D eigenvalue weighted by atomic mass is 19.3. The quantitative estimate of drug-likeness (QED) is 0.904. The third-order valence-corrected chi connectivity index (χ3v) is 4.74. The summed E-state index contributed by atoms with van der Waals surface area (Å²) in [4.78, 5) is 21.7. The Morgan fingerprint density at radius 2 is 2.19 bits per heavy atom. The largest absolute Gasteiger partial charge is 0.434 e. The number of anilines is 1. The fourth-order valence-corrected chi connectivity index (χ4v) is 3.59. The molecule has 0 saturated heterocycles. The van der Waals surface area contributed by atoms with Crippen molar-refractivity contribution in [2.45, 2.75) is 39.0 Å². The highest BCUT2D eigenvalue weighted by Crippen LogP contribution is 2.35. The number of H-pyrrole nitrogens is 1. The van der Waals surface area contributed by atoms with E-state index < -0.39 is 6.61 Å². The van der Waals surface area contributed by atoms with E-state index in [4.69, 9.17) is 4.74 Å². The molecule has 2 aliphatic rings. The molecule has 0 spiro atoms. The lowest BCUT2D eigenvalue weighted by Gasteiger charge is -2.32. The second-order valence-corrected chi connectivity index (χ2v) is 6.40. The summed E-state index contributed by atoms with van der Waals surface area (Å²) in [6, 6.07) is 5.15. The number of alkyl halides is 2. The van der Waals surface area contributed by atoms with Crippen molar-refractivity contribution in [3.63, 3.8) is 0 Å². The molecule has 1 aromatic carbocycles. The molecular formula is C18H19F2N3O3. The first kappa shape index (κ1) is 17.0. The van der Waals surface area contributed by atoms with Crippen LogP contribution < -0.4 is 15.2 Å². The van der Waals surface area contributed by atoms with Crippen molar-refractivity contribution in [2.24, 2.45) is 0 Å². The van der Waals surface area contributed by atoms with Crippen molar-refractivity contribution in [2.75, 3.05) is 18.1 Å². The average Bonchev–Trinajstić information content (AvgIpc) is 2.62. The maximum Gasteiger partial charge on any atom is 0.387 e. The van der Waals surface area contributed by atoms with Gasteiger partial charge in [0.15, 0.2) is 0 Å². The fraction of sp³-hybridized carbons (Fsp3) is 0.444. The van der Waals surface area contributed by atoms with Crippen LogP contribution >= 0.6 is 0 Å². The minimum absolute atomic E-state index is 0.170. The van der Waals surface area contributed by atoms with E-state index in [1.165, 1.54) is 0 Å². The molecule has 4 rings (SSSR count). The number of nitrogens with zero attached hydrogens (tertiary/aromatic N) is 2. The van der Waals surface area contributed by atoms with Gasteiger partial charge in [0.2, 0.25) is 0 Å². The van der Waals surface area contributed by atoms with Gasteiger partial charge < -0.3 is 19.4 Å². The second-order valence-electron chi connectivity index (χ2n) is 6.40. The van der Waals surface area contributed by atoms with Crippen LogP contribution in [0.25, 0.3) is 0 Å². The third kappa shape index (κ3) is 3.29. The first-order valence-corrected chi connectivity index (χ1v) is 8.62. The number of aromatic nitrogens is 2. The fourth-order valence-electron chi connectivity index (χ4n) is 3.59. The van der Waals surface area contributed by atoms with Crippen molar-refractivity contribution in [3.8, 4) is 5.75 Å². The summed E-state index contributed by atoms with van der Waals surface area (Å²) >= 11 is 0. The van der Waals surface area contributed by atoms with Crippen LogP contribution in [0.15, 0.2) is 23.0 Å². The Balaban J connectivity index is 1.63. The minimum atomic E-state index is -2.85. The molecule has 0 saturated carbocycles. The molecule has 1 aromatic heterocycles. The van der Waals surface area contributed by atoms with Crippen LogP contribution in [-0.2, 0) is 30.7 Å². The molecule has 8 heteroatoms. The van der Waals surface area contributed by atoms with Gasteiger partial charge in [0.25, 0.3) is 5.56 Å². The number of fused-ring (bicyclic) bond motifs is 2. The van der Waals surface area contributed by atoms with Gasteiger partial charge in [0.1, 0.15) is 11.6 Å². The Morgan fingerprint density at radius 1 is 1.31 bits per heavy atom. The van der Waals surface area contributed by atoms with Crippen LogP contribution in [0.1, 0.15) is 29.1 Å². The van der Waals surface area contributed by atoms with Crippen molar-refractivity contribution in [3.05, 3.63) is 51.2 Å². The van der Waals surface area contributed by atoms with E-state index in [9.17, 15) is 13.6 Å². The Hall–Kier alpha value is -2.48. The number of benzene rings is 1. The highest BCUT2D eigenvalue weighted by molar-refractivity contribution is 5.61. The molecule has 2 aromatic rings. The van der Waals surface area contributed by atoms with Crippen molar-refractivity contribution < 1.29 is 18.3 Å². The summed E-state index contributed by atoms with van der Waals surface area (Å²) in [6.45, 7) is -0.829. The molecule has 3 heterocycles. The van der Waals surface area contributed by atoms with E-state index in [-0.39, 0.29) is 11.3 Å².